The van der Waals surface area contributed by atoms with E-state index in [0.29, 0.717) is 34.9 Å². The van der Waals surface area contributed by atoms with Gasteiger partial charge in [0.2, 0.25) is 0 Å². The lowest BCUT2D eigenvalue weighted by Gasteiger charge is -2.17. The van der Waals surface area contributed by atoms with Crippen molar-refractivity contribution in [3.05, 3.63) is 60.9 Å². The number of ether oxygens (including phenoxy) is 1. The van der Waals surface area contributed by atoms with Gasteiger partial charge in [0.1, 0.15) is 18.5 Å². The normalized spacial score (nSPS) is 22.1. The van der Waals surface area contributed by atoms with E-state index in [0.717, 1.165) is 5.56 Å². The lowest BCUT2D eigenvalue weighted by Crippen LogP contribution is -2.41. The quantitative estimate of drug-likeness (QED) is 0.313. The van der Waals surface area contributed by atoms with Gasteiger partial charge >= 0.3 is 0 Å². The number of anilines is 1. The van der Waals surface area contributed by atoms with Crippen LogP contribution in [0.2, 0.25) is 0 Å². The number of hydrogen-bond acceptors (Lipinski definition) is 10. The Hall–Kier alpha value is -4.00. The van der Waals surface area contributed by atoms with E-state index in [-0.39, 0.29) is 0 Å². The first kappa shape index (κ1) is 21.8. The van der Waals surface area contributed by atoms with Crippen LogP contribution in [-0.4, -0.2) is 71.0 Å². The molecular formula is C22H22N8O4. The van der Waals surface area contributed by atoms with E-state index in [1.807, 2.05) is 30.3 Å². The molecule has 0 bridgehead atoms. The Morgan fingerprint density at radius 3 is 2.62 bits per heavy atom. The van der Waals surface area contributed by atoms with Crippen molar-refractivity contribution in [2.45, 2.75) is 31.1 Å². The third-order valence-corrected chi connectivity index (χ3v) is 5.56. The van der Waals surface area contributed by atoms with Gasteiger partial charge in [0.25, 0.3) is 5.91 Å². The molecule has 1 saturated heterocycles. The summed E-state index contributed by atoms with van der Waals surface area (Å²) in [6.07, 6.45) is 0.904. The van der Waals surface area contributed by atoms with Crippen LogP contribution in [0, 0.1) is 0 Å². The summed E-state index contributed by atoms with van der Waals surface area (Å²) in [4.78, 5) is 33.8. The second-order valence-corrected chi connectivity index (χ2v) is 7.73. The average Bonchev–Trinajstić information content (AvgIpc) is 3.44. The monoisotopic (exact) mass is 462 g/mol. The second-order valence-electron chi connectivity index (χ2n) is 7.73. The molecule has 0 saturated carbocycles. The van der Waals surface area contributed by atoms with Gasteiger partial charge in [0.05, 0.1) is 11.9 Å². The second kappa shape index (κ2) is 9.09. The first-order valence-corrected chi connectivity index (χ1v) is 10.6. The highest BCUT2D eigenvalue weighted by Gasteiger charge is 2.47. The van der Waals surface area contributed by atoms with Crippen LogP contribution in [0.5, 0.6) is 0 Å². The van der Waals surface area contributed by atoms with Crippen LogP contribution in [0.1, 0.15) is 11.8 Å². The Bertz CT molecular complexity index is 1300. The number of rotatable bonds is 6. The Morgan fingerprint density at radius 1 is 1.12 bits per heavy atom. The minimum absolute atomic E-state index is 0.335. The Kier molecular flexibility index (Phi) is 5.84. The molecule has 1 aliphatic heterocycles. The van der Waals surface area contributed by atoms with E-state index in [9.17, 15) is 15.0 Å². The number of carbonyl (C=O) groups is 1. The minimum Gasteiger partial charge on any atom is -0.387 e. The smallest absolute Gasteiger partial charge is 0.251 e. The van der Waals surface area contributed by atoms with Gasteiger partial charge in [0, 0.05) is 26.0 Å². The Morgan fingerprint density at radius 2 is 1.88 bits per heavy atom. The molecular weight excluding hydrogens is 440 g/mol. The van der Waals surface area contributed by atoms with Gasteiger partial charge in [0.15, 0.2) is 35.1 Å². The first-order valence-electron chi connectivity index (χ1n) is 10.6. The Labute approximate surface area is 193 Å². The zero-order valence-electron chi connectivity index (χ0n) is 18.1. The van der Waals surface area contributed by atoms with Crippen LogP contribution in [0.25, 0.3) is 22.6 Å². The number of likely N-dealkylation sites (N-methyl/N-ethyl adjacent to an activating group) is 1. The molecule has 0 spiro atoms. The number of carbonyl (C=O) groups excluding carboxylic acids is 1. The Balaban J connectivity index is 1.57. The van der Waals surface area contributed by atoms with E-state index in [1.54, 1.807) is 12.4 Å². The largest absolute Gasteiger partial charge is 0.387 e. The number of benzene rings is 1. The SMILES string of the molecule is CNC(=O)[C@H]1O[C@@H](n2cnc3c(NCc4ccccc4)nc(-c4cncnc4)nc32)[C@H](O)[C@@H]1O. The van der Waals surface area contributed by atoms with Gasteiger partial charge < -0.3 is 25.6 Å². The molecule has 1 aliphatic rings. The number of amides is 1. The van der Waals surface area contributed by atoms with Gasteiger partial charge in [-0.25, -0.2) is 24.9 Å². The van der Waals surface area contributed by atoms with E-state index >= 15 is 0 Å². The maximum atomic E-state index is 12.1. The molecule has 12 heteroatoms. The third-order valence-electron chi connectivity index (χ3n) is 5.56. The van der Waals surface area contributed by atoms with Gasteiger partial charge in [-0.1, -0.05) is 30.3 Å². The van der Waals surface area contributed by atoms with Crippen molar-refractivity contribution in [3.63, 3.8) is 0 Å². The zero-order valence-corrected chi connectivity index (χ0v) is 18.1. The molecule has 0 radical (unpaired) electrons. The molecule has 0 unspecified atom stereocenters. The van der Waals surface area contributed by atoms with Crippen LogP contribution in [-0.2, 0) is 16.1 Å². The molecule has 4 atom stereocenters. The summed E-state index contributed by atoms with van der Waals surface area (Å²) in [5.41, 5.74) is 2.41. The van der Waals surface area contributed by atoms with Crippen LogP contribution in [0.15, 0.2) is 55.4 Å². The van der Waals surface area contributed by atoms with Gasteiger partial charge in [-0.2, -0.15) is 0 Å². The fourth-order valence-electron chi connectivity index (χ4n) is 3.80. The van der Waals surface area contributed by atoms with Crippen molar-refractivity contribution < 1.29 is 19.7 Å². The van der Waals surface area contributed by atoms with Crippen LogP contribution in [0.3, 0.4) is 0 Å². The van der Waals surface area contributed by atoms with Crippen LogP contribution >= 0.6 is 0 Å². The fraction of sp³-hybridized carbons (Fsp3) is 0.273. The summed E-state index contributed by atoms with van der Waals surface area (Å²) >= 11 is 0. The summed E-state index contributed by atoms with van der Waals surface area (Å²) in [6, 6.07) is 9.80. The lowest BCUT2D eigenvalue weighted by atomic mass is 10.1. The summed E-state index contributed by atoms with van der Waals surface area (Å²) in [5.74, 6) is 0.254. The molecule has 4 heterocycles. The van der Waals surface area contributed by atoms with Gasteiger partial charge in [-0.3, -0.25) is 9.36 Å². The average molecular weight is 462 g/mol. The molecule has 5 rings (SSSR count). The summed E-state index contributed by atoms with van der Waals surface area (Å²) < 4.78 is 7.19. The number of fused-ring (bicyclic) bond motifs is 1. The molecule has 34 heavy (non-hydrogen) atoms. The lowest BCUT2D eigenvalue weighted by molar-refractivity contribution is -0.137. The number of nitrogens with one attached hydrogen (secondary N) is 2. The van der Waals surface area contributed by atoms with Crippen LogP contribution in [0.4, 0.5) is 5.82 Å². The maximum absolute atomic E-state index is 12.1. The molecule has 3 aromatic heterocycles. The van der Waals surface area contributed by atoms with Crippen molar-refractivity contribution in [3.8, 4) is 11.4 Å². The van der Waals surface area contributed by atoms with Gasteiger partial charge in [-0.15, -0.1) is 0 Å². The third kappa shape index (κ3) is 3.94. The van der Waals surface area contributed by atoms with Crippen molar-refractivity contribution in [2.75, 3.05) is 12.4 Å². The van der Waals surface area contributed by atoms with E-state index in [2.05, 4.69) is 35.6 Å². The summed E-state index contributed by atoms with van der Waals surface area (Å²) in [7, 11) is 1.43. The fourth-order valence-corrected chi connectivity index (χ4v) is 3.80. The van der Waals surface area contributed by atoms with Crippen molar-refractivity contribution in [1.82, 2.24) is 34.8 Å². The molecule has 1 fully saturated rings. The number of aliphatic hydroxyl groups is 2. The standard InChI is InChI=1S/C22H22N8O4/c1-23-21(33)17-15(31)16(32)22(34-17)30-11-27-14-19(26-7-12-5-3-2-4-6-12)28-18(29-20(14)30)13-8-24-10-25-9-13/h2-6,8-11,15-17,22,31-32H,7H2,1H3,(H,23,33)(H,26,28,29)/t15-,16+,17-,22+/m0/s1. The predicted octanol–water partition coefficient (Wildman–Crippen LogP) is 0.261. The predicted molar refractivity (Wildman–Crippen MR) is 120 cm³/mol. The minimum atomic E-state index is -1.41. The topological polar surface area (TPSA) is 160 Å². The highest BCUT2D eigenvalue weighted by Crippen LogP contribution is 2.33. The van der Waals surface area contributed by atoms with E-state index in [1.165, 1.54) is 24.3 Å². The number of imidazole rings is 1. The van der Waals surface area contributed by atoms with Crippen molar-refractivity contribution >= 4 is 22.9 Å². The number of hydrogen-bond donors (Lipinski definition) is 4. The highest BCUT2D eigenvalue weighted by atomic mass is 16.6. The molecule has 4 N–H and O–H groups in total. The van der Waals surface area contributed by atoms with E-state index in [4.69, 9.17) is 4.74 Å². The highest BCUT2D eigenvalue weighted by molar-refractivity contribution is 5.85. The van der Waals surface area contributed by atoms with Gasteiger partial charge in [-0.05, 0) is 5.56 Å². The van der Waals surface area contributed by atoms with Crippen molar-refractivity contribution in [2.24, 2.45) is 0 Å². The maximum Gasteiger partial charge on any atom is 0.251 e. The number of aromatic nitrogens is 6. The summed E-state index contributed by atoms with van der Waals surface area (Å²) in [6.45, 7) is 0.491. The number of nitrogens with zero attached hydrogens (tertiary/aromatic N) is 6. The summed E-state index contributed by atoms with van der Waals surface area (Å²) in [5, 5.41) is 26.7. The zero-order chi connectivity index (χ0) is 23.7. The molecule has 1 aromatic carbocycles. The molecule has 1 amide bonds. The molecule has 174 valence electrons. The van der Waals surface area contributed by atoms with Crippen LogP contribution < -0.4 is 10.6 Å². The van der Waals surface area contributed by atoms with E-state index < -0.39 is 30.4 Å². The number of aliphatic hydroxyl groups excluding tert-OH is 2. The molecule has 0 aliphatic carbocycles. The molecule has 4 aromatic rings. The first-order chi connectivity index (χ1) is 16.6. The molecule has 12 nitrogen and oxygen atoms in total. The van der Waals surface area contributed by atoms with Crippen molar-refractivity contribution in [1.29, 1.82) is 0 Å².